The summed E-state index contributed by atoms with van der Waals surface area (Å²) < 4.78 is 14.3. The summed E-state index contributed by atoms with van der Waals surface area (Å²) in [6, 6.07) is 153. The topological polar surface area (TPSA) is 107 Å². The average molecular weight is 1660 g/mol. The molecule has 0 atom stereocenters. The van der Waals surface area contributed by atoms with Gasteiger partial charge in [0.1, 0.15) is 0 Å². The number of nitrogens with zero attached hydrogens (tertiary/aromatic N) is 12. The molecule has 0 radical (unpaired) electrons. The number of hydrogen-bond acceptors (Lipinski definition) is 6. The Kier molecular flexibility index (Phi) is 17.0. The Balaban J connectivity index is 0.000000103. The van der Waals surface area contributed by atoms with E-state index < -0.39 is 0 Å². The fourth-order valence-electron chi connectivity index (χ4n) is 20.4. The fourth-order valence-corrected chi connectivity index (χ4v) is 20.4. The molecule has 0 spiro atoms. The van der Waals surface area contributed by atoms with Gasteiger partial charge in [0.2, 0.25) is 0 Å². The van der Waals surface area contributed by atoms with E-state index in [1.54, 1.807) is 0 Å². The van der Waals surface area contributed by atoms with Crippen LogP contribution in [0.15, 0.2) is 449 Å². The first-order valence-electron chi connectivity index (χ1n) is 44.0. The second-order valence-electron chi connectivity index (χ2n) is 33.3. The highest BCUT2D eigenvalue weighted by molar-refractivity contribution is 6.32. The monoisotopic (exact) mass is 1660 g/mol. The molecule has 0 aliphatic rings. The van der Waals surface area contributed by atoms with E-state index in [-0.39, 0.29) is 0 Å². The quantitative estimate of drug-likeness (QED) is 0.142. The van der Waals surface area contributed by atoms with Crippen LogP contribution in [0.1, 0.15) is 0 Å². The van der Waals surface area contributed by atoms with Gasteiger partial charge in [-0.1, -0.05) is 243 Å². The maximum absolute atomic E-state index is 4.92. The van der Waals surface area contributed by atoms with E-state index in [1.807, 2.05) is 91.4 Å². The van der Waals surface area contributed by atoms with E-state index in [9.17, 15) is 0 Å². The minimum atomic E-state index is 0.865. The third kappa shape index (κ3) is 11.9. The highest BCUT2D eigenvalue weighted by Gasteiger charge is 2.26. The van der Waals surface area contributed by atoms with Crippen molar-refractivity contribution >= 4 is 175 Å². The van der Waals surface area contributed by atoms with Crippen LogP contribution in [0.2, 0.25) is 0 Å². The summed E-state index contributed by atoms with van der Waals surface area (Å²) in [7, 11) is 0. The van der Waals surface area contributed by atoms with Crippen molar-refractivity contribution in [3.05, 3.63) is 449 Å². The minimum absolute atomic E-state index is 0.865. The van der Waals surface area contributed by atoms with Crippen molar-refractivity contribution in [2.24, 2.45) is 0 Å². The summed E-state index contributed by atoms with van der Waals surface area (Å²) in [4.78, 5) is 28.6. The Morgan fingerprint density at radius 3 is 0.731 bits per heavy atom. The van der Waals surface area contributed by atoms with E-state index in [1.165, 1.54) is 153 Å². The van der Waals surface area contributed by atoms with E-state index in [2.05, 4.69) is 400 Å². The zero-order valence-electron chi connectivity index (χ0n) is 70.1. The molecule has 19 aromatic carbocycles. The second kappa shape index (κ2) is 30.0. The van der Waals surface area contributed by atoms with Crippen LogP contribution >= 0.6 is 0 Å². The van der Waals surface area contributed by atoms with Gasteiger partial charge >= 0.3 is 0 Å². The molecule has 28 aromatic rings. The molecule has 0 saturated heterocycles. The lowest BCUT2D eigenvalue weighted by Gasteiger charge is -2.11. The van der Waals surface area contributed by atoms with Gasteiger partial charge in [-0.05, 0) is 199 Å². The SMILES string of the molecule is c1ccc(-n2c3ccccc3c3c4c5ccccc5n(-c5ccc(-c6cnc7ccccc7n6)cc5)c4ccc32)cc1.c1ccc(-n2c3ccccc3c3c4c5ccccc5n(-c5ccc6cc(-c7cnc8ccccc8n7)ccc6c5)c4ccc32)cc1.c1ccc(-n2c3ccccc3c3c4c5ccccc5n(-c5cccc(-c6cnc7ccccc7n6)c5)c4ccc32)cc1. The molecule has 0 saturated carbocycles. The van der Waals surface area contributed by atoms with Crippen molar-refractivity contribution in [3.8, 4) is 67.9 Å². The molecule has 606 valence electrons. The van der Waals surface area contributed by atoms with Crippen molar-refractivity contribution in [2.75, 3.05) is 0 Å². The summed E-state index contributed by atoms with van der Waals surface area (Å²) in [5.41, 5.74) is 32.4. The average Bonchev–Trinajstić information content (AvgIpc) is 1.56. The number of hydrogen-bond donors (Lipinski definition) is 0. The van der Waals surface area contributed by atoms with Gasteiger partial charge in [-0.3, -0.25) is 15.0 Å². The number of benzene rings is 19. The summed E-state index contributed by atoms with van der Waals surface area (Å²) in [6.07, 6.45) is 5.60. The van der Waals surface area contributed by atoms with Gasteiger partial charge in [-0.25, -0.2) is 15.0 Å². The van der Waals surface area contributed by atoms with Gasteiger partial charge in [0.25, 0.3) is 0 Å². The Labute approximate surface area is 744 Å². The van der Waals surface area contributed by atoms with Crippen LogP contribution in [0.5, 0.6) is 0 Å². The molecule has 0 bridgehead atoms. The van der Waals surface area contributed by atoms with Crippen molar-refractivity contribution in [2.45, 2.75) is 0 Å². The lowest BCUT2D eigenvalue weighted by Crippen LogP contribution is -1.96. The smallest absolute Gasteiger partial charge is 0.0894 e. The Bertz CT molecular complexity index is 9450. The highest BCUT2D eigenvalue weighted by Crippen LogP contribution is 2.48. The van der Waals surface area contributed by atoms with Crippen LogP contribution in [0.3, 0.4) is 0 Å². The molecule has 9 aromatic heterocycles. The fraction of sp³-hybridized carbons (Fsp3) is 0. The predicted molar refractivity (Wildman–Crippen MR) is 538 cm³/mol. The van der Waals surface area contributed by atoms with Gasteiger partial charge in [-0.15, -0.1) is 0 Å². The Hall–Kier alpha value is -17.7. The van der Waals surface area contributed by atoms with Crippen molar-refractivity contribution in [1.82, 2.24) is 57.3 Å². The molecule has 0 unspecified atom stereocenters. The number of fused-ring (bicyclic) bond motifs is 25. The lowest BCUT2D eigenvalue weighted by atomic mass is 10.0. The molecule has 12 nitrogen and oxygen atoms in total. The molecule has 0 fully saturated rings. The molecule has 0 N–H and O–H groups in total. The molecule has 130 heavy (non-hydrogen) atoms. The number of para-hydroxylation sites is 15. The molecular weight excluding hydrogens is 1590 g/mol. The summed E-state index contributed by atoms with van der Waals surface area (Å²) in [6.45, 7) is 0. The summed E-state index contributed by atoms with van der Waals surface area (Å²) in [5, 5.41) is 17.5. The van der Waals surface area contributed by atoms with E-state index in [0.29, 0.717) is 0 Å². The summed E-state index contributed by atoms with van der Waals surface area (Å²) in [5.74, 6) is 0. The van der Waals surface area contributed by atoms with Crippen molar-refractivity contribution < 1.29 is 0 Å². The largest absolute Gasteiger partial charge is 0.309 e. The van der Waals surface area contributed by atoms with Gasteiger partial charge in [0, 0.05) is 115 Å². The molecule has 0 aliphatic heterocycles. The molecule has 12 heteroatoms. The van der Waals surface area contributed by atoms with E-state index in [0.717, 1.165) is 89.6 Å². The van der Waals surface area contributed by atoms with Gasteiger partial charge in [0.05, 0.1) is 135 Å². The standard InChI is InChI=1S/C42H26N4.2C38H24N4/c1-2-10-30(11-3-1)45-37-16-8-4-12-32(37)41-39(45)22-23-40-42(41)33-13-5-9-17-38(33)46(40)31-21-20-27-24-29(19-18-28(27)25-31)36-26-43-34-14-6-7-15-35(34)44-36;1-2-12-26(13-3-1)41-33-19-8-4-15-28(33)37-35(41)21-22-36-38(37)29-16-5-9-20-34(29)42(36)27-14-10-11-25(23-27)32-24-39-30-17-6-7-18-31(30)40-32;1-2-10-26(11-3-1)41-33-16-8-4-12-28(33)37-35(41)22-23-36-38(37)29-13-5-9-17-34(29)42(36)27-20-18-25(19-21-27)32-24-39-30-14-6-7-15-31(30)40-32/h1-26H;2*1-24H. The van der Waals surface area contributed by atoms with Crippen LogP contribution < -0.4 is 0 Å². The zero-order valence-corrected chi connectivity index (χ0v) is 70.1. The van der Waals surface area contributed by atoms with Gasteiger partial charge in [-0.2, -0.15) is 0 Å². The van der Waals surface area contributed by atoms with E-state index >= 15 is 0 Å². The third-order valence-electron chi connectivity index (χ3n) is 26.0. The first kappa shape index (κ1) is 73.8. The Morgan fingerprint density at radius 1 is 0.146 bits per heavy atom. The number of aromatic nitrogens is 12. The van der Waals surface area contributed by atoms with Gasteiger partial charge in [0.15, 0.2) is 0 Å². The number of rotatable bonds is 9. The van der Waals surface area contributed by atoms with Crippen LogP contribution in [-0.4, -0.2) is 57.3 Å². The molecular formula is C118H74N12. The van der Waals surface area contributed by atoms with Crippen LogP contribution in [-0.2, 0) is 0 Å². The second-order valence-corrected chi connectivity index (χ2v) is 33.3. The first-order chi connectivity index (χ1) is 64.5. The minimum Gasteiger partial charge on any atom is -0.309 e. The predicted octanol–water partition coefficient (Wildman–Crippen LogP) is 29.6. The van der Waals surface area contributed by atoms with Crippen molar-refractivity contribution in [1.29, 1.82) is 0 Å². The maximum Gasteiger partial charge on any atom is 0.0894 e. The summed E-state index contributed by atoms with van der Waals surface area (Å²) >= 11 is 0. The highest BCUT2D eigenvalue weighted by atomic mass is 15.0. The Morgan fingerprint density at radius 2 is 0.385 bits per heavy atom. The van der Waals surface area contributed by atoms with Crippen LogP contribution in [0.25, 0.3) is 243 Å². The maximum atomic E-state index is 4.92. The molecule has 28 rings (SSSR count). The molecule has 9 heterocycles. The molecule has 0 amide bonds. The van der Waals surface area contributed by atoms with Crippen LogP contribution in [0.4, 0.5) is 0 Å². The zero-order chi connectivity index (χ0) is 85.4. The first-order valence-corrected chi connectivity index (χ1v) is 44.0. The normalized spacial score (nSPS) is 11.8. The van der Waals surface area contributed by atoms with E-state index in [4.69, 9.17) is 15.0 Å². The molecule has 0 aliphatic carbocycles. The van der Waals surface area contributed by atoms with Crippen LogP contribution in [0, 0.1) is 0 Å². The lowest BCUT2D eigenvalue weighted by molar-refractivity contribution is 1.17. The third-order valence-corrected chi connectivity index (χ3v) is 26.0. The van der Waals surface area contributed by atoms with Gasteiger partial charge < -0.3 is 27.4 Å². The van der Waals surface area contributed by atoms with Crippen molar-refractivity contribution in [3.63, 3.8) is 0 Å².